The topological polar surface area (TPSA) is 34.0 Å². The summed E-state index contributed by atoms with van der Waals surface area (Å²) in [6.07, 6.45) is 0. The van der Waals surface area contributed by atoms with E-state index in [0.717, 1.165) is 22.6 Å². The normalized spacial score (nSPS) is 9.33. The average molecular weight is 312 g/mol. The van der Waals surface area contributed by atoms with Crippen molar-refractivity contribution in [3.8, 4) is 11.5 Å². The summed E-state index contributed by atoms with van der Waals surface area (Å²) in [5, 5.41) is 4.70. The SMILES string of the molecule is S=C=NCc1ccc(Oc2ccc(CN=C=S)cc2)cc1. The second-order valence-electron chi connectivity index (χ2n) is 4.20. The summed E-state index contributed by atoms with van der Waals surface area (Å²) in [5.74, 6) is 1.55. The van der Waals surface area contributed by atoms with Gasteiger partial charge in [-0.25, -0.2) is 9.98 Å². The number of nitrogens with zero attached hydrogens (tertiary/aromatic N) is 2. The van der Waals surface area contributed by atoms with Gasteiger partial charge in [-0.3, -0.25) is 0 Å². The summed E-state index contributed by atoms with van der Waals surface area (Å²) < 4.78 is 5.76. The van der Waals surface area contributed by atoms with Crippen LogP contribution in [0.3, 0.4) is 0 Å². The molecule has 0 saturated heterocycles. The summed E-state index contributed by atoms with van der Waals surface area (Å²) in [6, 6.07) is 15.4. The van der Waals surface area contributed by atoms with Crippen LogP contribution in [0.4, 0.5) is 0 Å². The molecule has 0 aliphatic rings. The first-order chi connectivity index (χ1) is 10.3. The number of ether oxygens (including phenoxy) is 1. The lowest BCUT2D eigenvalue weighted by atomic mass is 10.2. The van der Waals surface area contributed by atoms with Crippen molar-refractivity contribution < 1.29 is 4.74 Å². The van der Waals surface area contributed by atoms with E-state index in [1.807, 2.05) is 48.5 Å². The van der Waals surface area contributed by atoms with Crippen molar-refractivity contribution >= 4 is 34.8 Å². The Kier molecular flexibility index (Phi) is 5.95. The van der Waals surface area contributed by atoms with Gasteiger partial charge in [0.1, 0.15) is 11.5 Å². The fraction of sp³-hybridized carbons (Fsp3) is 0.125. The Balaban J connectivity index is 2.00. The van der Waals surface area contributed by atoms with Gasteiger partial charge in [-0.2, -0.15) is 0 Å². The lowest BCUT2D eigenvalue weighted by molar-refractivity contribution is 0.482. The summed E-state index contributed by atoms with van der Waals surface area (Å²) in [4.78, 5) is 7.78. The van der Waals surface area contributed by atoms with Crippen LogP contribution in [0.25, 0.3) is 0 Å². The minimum absolute atomic E-state index is 0.541. The van der Waals surface area contributed by atoms with Gasteiger partial charge in [0.15, 0.2) is 0 Å². The van der Waals surface area contributed by atoms with Gasteiger partial charge in [-0.15, -0.1) is 0 Å². The van der Waals surface area contributed by atoms with Gasteiger partial charge >= 0.3 is 0 Å². The number of hydrogen-bond donors (Lipinski definition) is 0. The van der Waals surface area contributed by atoms with E-state index in [1.165, 1.54) is 0 Å². The lowest BCUT2D eigenvalue weighted by Crippen LogP contribution is -1.87. The molecule has 0 amide bonds. The second-order valence-corrected chi connectivity index (χ2v) is 4.57. The van der Waals surface area contributed by atoms with Crippen molar-refractivity contribution in [2.24, 2.45) is 9.98 Å². The minimum atomic E-state index is 0.541. The smallest absolute Gasteiger partial charge is 0.127 e. The molecule has 0 fully saturated rings. The molecule has 0 radical (unpaired) electrons. The van der Waals surface area contributed by atoms with Crippen LogP contribution in [-0.2, 0) is 13.1 Å². The third-order valence-electron chi connectivity index (χ3n) is 2.73. The Morgan fingerprint density at radius 2 is 1.10 bits per heavy atom. The standard InChI is InChI=1S/C16H12N2OS2/c20-11-17-9-13-1-5-15(6-2-13)19-16-7-3-14(4-8-16)10-18-12-21/h1-8H,9-10H2. The van der Waals surface area contributed by atoms with Gasteiger partial charge in [0.05, 0.1) is 23.4 Å². The van der Waals surface area contributed by atoms with E-state index in [0.29, 0.717) is 13.1 Å². The van der Waals surface area contributed by atoms with Crippen LogP contribution in [-0.4, -0.2) is 10.3 Å². The van der Waals surface area contributed by atoms with Crippen LogP contribution in [0.2, 0.25) is 0 Å². The van der Waals surface area contributed by atoms with Crippen molar-refractivity contribution in [2.45, 2.75) is 13.1 Å². The van der Waals surface area contributed by atoms with Crippen molar-refractivity contribution in [3.63, 3.8) is 0 Å². The van der Waals surface area contributed by atoms with Crippen molar-refractivity contribution in [2.75, 3.05) is 0 Å². The Morgan fingerprint density at radius 1 is 0.714 bits per heavy atom. The molecule has 104 valence electrons. The van der Waals surface area contributed by atoms with Crippen molar-refractivity contribution in [1.29, 1.82) is 0 Å². The fourth-order valence-electron chi connectivity index (χ4n) is 1.71. The third-order valence-corrected chi connectivity index (χ3v) is 2.99. The van der Waals surface area contributed by atoms with E-state index in [9.17, 15) is 0 Å². The molecule has 5 heteroatoms. The highest BCUT2D eigenvalue weighted by Crippen LogP contribution is 2.22. The molecule has 0 bridgehead atoms. The maximum atomic E-state index is 5.76. The van der Waals surface area contributed by atoms with Crippen molar-refractivity contribution in [3.05, 3.63) is 59.7 Å². The molecule has 0 aromatic heterocycles. The zero-order valence-corrected chi connectivity index (χ0v) is 12.8. The number of hydrogen-bond acceptors (Lipinski definition) is 5. The van der Waals surface area contributed by atoms with Crippen LogP contribution < -0.4 is 4.74 Å². The molecule has 21 heavy (non-hydrogen) atoms. The molecule has 2 aromatic carbocycles. The lowest BCUT2D eigenvalue weighted by Gasteiger charge is -2.06. The van der Waals surface area contributed by atoms with Gasteiger partial charge in [-0.05, 0) is 59.8 Å². The molecule has 3 nitrogen and oxygen atoms in total. The Hall–Kier alpha value is -2.16. The predicted molar refractivity (Wildman–Crippen MR) is 90.4 cm³/mol. The number of aliphatic imine (C=N–C) groups is 2. The minimum Gasteiger partial charge on any atom is -0.457 e. The van der Waals surface area contributed by atoms with Crippen LogP contribution in [0.1, 0.15) is 11.1 Å². The van der Waals surface area contributed by atoms with E-state index in [4.69, 9.17) is 4.74 Å². The van der Waals surface area contributed by atoms with E-state index in [-0.39, 0.29) is 0 Å². The van der Waals surface area contributed by atoms with Crippen LogP contribution in [0.15, 0.2) is 58.5 Å². The highest BCUT2D eigenvalue weighted by molar-refractivity contribution is 7.78. The molecule has 2 rings (SSSR count). The maximum Gasteiger partial charge on any atom is 0.127 e. The largest absolute Gasteiger partial charge is 0.457 e. The Bertz CT molecular complexity index is 622. The monoisotopic (exact) mass is 312 g/mol. The Labute approximate surface area is 134 Å². The quantitative estimate of drug-likeness (QED) is 0.573. The molecule has 0 atom stereocenters. The van der Waals surface area contributed by atoms with E-state index in [2.05, 4.69) is 44.7 Å². The zero-order valence-electron chi connectivity index (χ0n) is 11.2. The zero-order chi connectivity index (χ0) is 14.9. The fourth-order valence-corrected chi connectivity index (χ4v) is 1.84. The summed E-state index contributed by atoms with van der Waals surface area (Å²) in [6.45, 7) is 1.08. The van der Waals surface area contributed by atoms with Gasteiger partial charge in [0, 0.05) is 0 Å². The van der Waals surface area contributed by atoms with Crippen molar-refractivity contribution in [1.82, 2.24) is 0 Å². The van der Waals surface area contributed by atoms with E-state index >= 15 is 0 Å². The first-order valence-electron chi connectivity index (χ1n) is 6.25. The summed E-state index contributed by atoms with van der Waals surface area (Å²) in [7, 11) is 0. The van der Waals surface area contributed by atoms with Crippen LogP contribution in [0, 0.1) is 0 Å². The van der Waals surface area contributed by atoms with Gasteiger partial charge in [0.25, 0.3) is 0 Å². The van der Waals surface area contributed by atoms with E-state index < -0.39 is 0 Å². The Morgan fingerprint density at radius 3 is 1.43 bits per heavy atom. The molecule has 0 aliphatic heterocycles. The second kappa shape index (κ2) is 8.20. The molecule has 0 saturated carbocycles. The van der Waals surface area contributed by atoms with Gasteiger partial charge in [0.2, 0.25) is 0 Å². The third kappa shape index (κ3) is 5.03. The number of benzene rings is 2. The maximum absolute atomic E-state index is 5.76. The number of rotatable bonds is 6. The molecule has 0 aliphatic carbocycles. The molecule has 2 aromatic rings. The molecule has 0 N–H and O–H groups in total. The molecule has 0 unspecified atom stereocenters. The highest BCUT2D eigenvalue weighted by Gasteiger charge is 1.98. The molecule has 0 spiro atoms. The predicted octanol–water partition coefficient (Wildman–Crippen LogP) is 4.68. The summed E-state index contributed by atoms with van der Waals surface area (Å²) in [5.41, 5.74) is 2.13. The van der Waals surface area contributed by atoms with Gasteiger partial charge < -0.3 is 4.74 Å². The highest BCUT2D eigenvalue weighted by atomic mass is 32.1. The summed E-state index contributed by atoms with van der Waals surface area (Å²) >= 11 is 9.09. The van der Waals surface area contributed by atoms with Crippen LogP contribution >= 0.6 is 24.4 Å². The number of isothiocyanates is 2. The first-order valence-corrected chi connectivity index (χ1v) is 7.06. The average Bonchev–Trinajstić information content (AvgIpc) is 2.53. The molecule has 0 heterocycles. The van der Waals surface area contributed by atoms with Gasteiger partial charge in [-0.1, -0.05) is 24.3 Å². The number of thiocarbonyl (C=S) groups is 2. The van der Waals surface area contributed by atoms with Crippen LogP contribution in [0.5, 0.6) is 11.5 Å². The molecular formula is C16H12N2OS2. The van der Waals surface area contributed by atoms with E-state index in [1.54, 1.807) is 0 Å². The first kappa shape index (κ1) is 15.2. The molecular weight excluding hydrogens is 300 g/mol.